The van der Waals surface area contributed by atoms with Crippen molar-refractivity contribution < 1.29 is 371 Å². The molecule has 242 valence electrons. The standard InChI is InChI=1S/C22H34O3.17W/c1-13-11-15-20(25-5)17(24-4)8-10-22(15,3)19-16(23)12-21(2)9-6-7-14(21)18(13)19;;;;;;;;;;;;;;;;;/h11,13-14,16-20,23H,6-8,10,12H2,1-5H3;;;;;;;;;;;;;;;;;/t13-,14?,16-,17?,18?,19?,20?,21?,22?;;;;;;;;;;;;;;;;;/m1................./s1. The Balaban J connectivity index is -0.0000000478. The maximum Gasteiger partial charge on any atom is 0 e. The minimum Gasteiger partial charge on any atom is 0 e. The molecule has 3 fully saturated rings. The van der Waals surface area contributed by atoms with Crippen molar-refractivity contribution in [2.24, 2.45) is 34.5 Å². The van der Waals surface area contributed by atoms with E-state index in [1.807, 2.05) is 7.11 Å². The fraction of sp³-hybridized carbons (Fsp3) is 0.864. The first kappa shape index (κ1) is 89.7. The normalized spacial score (nSPS) is 33.1. The second-order valence-corrected chi connectivity index (χ2v) is 11.5. The number of hydrogen-bond acceptors (Lipinski definition) is 3. The van der Waals surface area contributed by atoms with Gasteiger partial charge >= 0.3 is 169 Å². The molecule has 0 aromatic rings. The van der Waals surface area contributed by atoms with Crippen LogP contribution in [0, 0.1) is 34.5 Å². The van der Waals surface area contributed by atoms with Gasteiger partial charge in [0.1, 0.15) is 0 Å². The Morgan fingerprint density at radius 3 is 1.60 bits per heavy atom. The van der Waals surface area contributed by atoms with E-state index in [4.69, 9.17) is 9.47 Å². The Morgan fingerprint density at radius 1 is 0.738 bits per heavy atom. The fourth-order valence-electron chi connectivity index (χ4n) is 7.41. The van der Waals surface area contributed by atoms with Crippen LogP contribution >= 0.6 is 0 Å². The third kappa shape index (κ3) is 18.6. The maximum absolute atomic E-state index is 11.4. The molecule has 20 heteroatoms. The number of hydrogen-bond donors (Lipinski definition) is 1. The van der Waals surface area contributed by atoms with Crippen molar-refractivity contribution in [3.8, 4) is 0 Å². The molecule has 0 aromatic carbocycles. The Kier molecular flexibility index (Phi) is 86.3. The molecule has 3 saturated carbocycles. The third-order valence-electron chi connectivity index (χ3n) is 8.66. The van der Waals surface area contributed by atoms with Crippen molar-refractivity contribution in [3.63, 3.8) is 0 Å². The maximum atomic E-state index is 11.4. The Morgan fingerprint density at radius 2 is 1.19 bits per heavy atom. The molecule has 7 unspecified atom stereocenters. The van der Waals surface area contributed by atoms with Gasteiger partial charge in [-0.05, 0) is 0 Å². The van der Waals surface area contributed by atoms with Gasteiger partial charge in [0.2, 0.25) is 0 Å². The van der Waals surface area contributed by atoms with Crippen LogP contribution in [0.1, 0.15) is 52.9 Å². The first-order valence-electron chi connectivity index (χ1n) is 10.3. The molecule has 0 spiro atoms. The molecule has 0 radical (unpaired) electrons. The zero-order valence-electron chi connectivity index (χ0n) is 23.4. The number of methoxy groups -OCH3 is 2. The zero-order valence-corrected chi connectivity index (χ0v) is 73.2. The molecule has 4 aliphatic rings. The topological polar surface area (TPSA) is 38.7 Å². The smallest absolute Gasteiger partial charge is 0 e. The van der Waals surface area contributed by atoms with Crippen LogP contribution in [0.4, 0.5) is 0 Å². The van der Waals surface area contributed by atoms with E-state index in [9.17, 15) is 5.11 Å². The monoisotopic (exact) mass is 3470 g/mol. The van der Waals surface area contributed by atoms with Gasteiger partial charge in [-0.15, -0.1) is 0 Å². The van der Waals surface area contributed by atoms with Crippen LogP contribution in [-0.4, -0.2) is 41.5 Å². The van der Waals surface area contributed by atoms with E-state index in [1.165, 1.54) is 18.4 Å². The molecular weight excluding hydrogens is 3440 g/mol. The summed E-state index contributed by atoms with van der Waals surface area (Å²) in [5.74, 6) is 2.17. The number of rotatable bonds is 2. The predicted octanol–water partition coefficient (Wildman–Crippen LogP) is 3.49. The Bertz CT molecular complexity index is 666. The van der Waals surface area contributed by atoms with Crippen molar-refractivity contribution in [2.75, 3.05) is 14.2 Å². The summed E-state index contributed by atoms with van der Waals surface area (Å²) in [6.45, 7) is 7.23. The number of ether oxygens (including phenoxy) is 2. The van der Waals surface area contributed by atoms with Gasteiger partial charge in [0, 0.05) is 337 Å². The van der Waals surface area contributed by atoms with Gasteiger partial charge < -0.3 is 0 Å². The summed E-state index contributed by atoms with van der Waals surface area (Å²) in [4.78, 5) is 0. The van der Waals surface area contributed by atoms with Crippen LogP contribution in [0.25, 0.3) is 0 Å². The number of aliphatic hydroxyl groups is 1. The molecule has 1 N–H and O–H groups in total. The van der Waals surface area contributed by atoms with Crippen molar-refractivity contribution in [2.45, 2.75) is 71.2 Å². The average Bonchev–Trinajstić information content (AvgIpc) is 2.89. The van der Waals surface area contributed by atoms with E-state index in [2.05, 4.69) is 26.8 Å². The fourth-order valence-corrected chi connectivity index (χ4v) is 8.68. The van der Waals surface area contributed by atoms with Gasteiger partial charge in [-0.3, -0.25) is 0 Å². The molecule has 4 aliphatic carbocycles. The Hall–Kier alpha value is 11.2. The summed E-state index contributed by atoms with van der Waals surface area (Å²) in [5, 5.41) is 11.4. The van der Waals surface area contributed by atoms with Gasteiger partial charge in [-0.25, -0.2) is 0 Å². The molecule has 9 atom stereocenters. The second kappa shape index (κ2) is 40.4. The zero-order chi connectivity index (χ0) is 18.9. The minimum atomic E-state index is -0.207. The number of fused-ring (bicyclic) bond motifs is 5. The van der Waals surface area contributed by atoms with Crippen LogP contribution in [0.15, 0.2) is 11.6 Å². The molecule has 0 amide bonds. The summed E-state index contributed by atoms with van der Waals surface area (Å²) in [7, 11) is 3.61. The van der Waals surface area contributed by atoms with Crippen molar-refractivity contribution in [1.29, 1.82) is 0 Å². The third-order valence-corrected chi connectivity index (χ3v) is 11.1. The molecule has 42 heavy (non-hydrogen) atoms. The average molecular weight is 3470 g/mol. The quantitative estimate of drug-likeness (QED) is 0.432. The van der Waals surface area contributed by atoms with Gasteiger partial charge in [-0.2, -0.15) is 0 Å². The van der Waals surface area contributed by atoms with Crippen molar-refractivity contribution in [1.82, 2.24) is 0 Å². The number of aliphatic hydroxyl groups excluding tert-OH is 1. The van der Waals surface area contributed by atoms with Crippen LogP contribution in [0.5, 0.6) is 0 Å². The van der Waals surface area contributed by atoms with E-state index >= 15 is 0 Å². The summed E-state index contributed by atoms with van der Waals surface area (Å²) >= 11 is 1.64. The van der Waals surface area contributed by atoms with Gasteiger partial charge in [0.15, 0.2) is 0 Å². The molecule has 0 aromatic heterocycles. The molecule has 0 saturated heterocycles. The van der Waals surface area contributed by atoms with Gasteiger partial charge in [-0.1, -0.05) is 0 Å². The molecule has 0 heterocycles. The first-order chi connectivity index (χ1) is 12.3. The summed E-state index contributed by atoms with van der Waals surface area (Å²) < 4.78 is 13.4. The summed E-state index contributed by atoms with van der Waals surface area (Å²) in [6.07, 6.45) is 8.15. The van der Waals surface area contributed by atoms with Crippen molar-refractivity contribution in [3.05, 3.63) is 11.6 Å². The van der Waals surface area contributed by atoms with E-state index in [-0.39, 0.29) is 366 Å². The van der Waals surface area contributed by atoms with Gasteiger partial charge in [0.05, 0.1) is 0 Å². The Labute approximate surface area is 495 Å². The molecular formula is C22H34O3W17. The van der Waals surface area contributed by atoms with E-state index in [1.54, 1.807) is 30.4 Å². The summed E-state index contributed by atoms with van der Waals surface area (Å²) in [6, 6.07) is 0. The van der Waals surface area contributed by atoms with E-state index in [0.717, 1.165) is 25.2 Å². The number of allylic oxidation sites excluding steroid dienone is 1. The summed E-state index contributed by atoms with van der Waals surface area (Å²) in [5.41, 5.74) is 1.70. The van der Waals surface area contributed by atoms with Gasteiger partial charge in [0.25, 0.3) is 0 Å². The minimum absolute atomic E-state index is 0. The van der Waals surface area contributed by atoms with Crippen LogP contribution < -0.4 is 0 Å². The van der Waals surface area contributed by atoms with Crippen LogP contribution in [0.2, 0.25) is 0 Å². The second-order valence-electron chi connectivity index (χ2n) is 9.73. The SMILES string of the molecule is COC1CCC2(C)C(=C[C@@H](C)C3C4CC[C](=[W])C4(C)C[C@@H](O)C32)C1OC.[W].[W].[W].[W].[W].[W].[W].[W].[W].[W].[W].[W].[W].[W].[W].[W]. The molecule has 0 bridgehead atoms. The molecule has 3 nitrogen and oxygen atoms in total. The van der Waals surface area contributed by atoms with E-state index < -0.39 is 0 Å². The van der Waals surface area contributed by atoms with Crippen LogP contribution in [0.3, 0.4) is 0 Å². The van der Waals surface area contributed by atoms with Crippen molar-refractivity contribution >= 4 is 3.90 Å². The molecule has 4 rings (SSSR count). The largest absolute Gasteiger partial charge is 0 e. The van der Waals surface area contributed by atoms with Crippen LogP contribution in [-0.2, 0) is 366 Å². The molecule has 0 aliphatic heterocycles. The predicted molar refractivity (Wildman–Crippen MR) is 99.6 cm³/mol. The van der Waals surface area contributed by atoms with E-state index in [0.29, 0.717) is 17.8 Å². The first-order valence-corrected chi connectivity index (χ1v) is 11.7.